The summed E-state index contributed by atoms with van der Waals surface area (Å²) >= 11 is 0. The second kappa shape index (κ2) is 7.81. The average molecular weight is 351 g/mol. The Hall–Kier alpha value is -2.50. The van der Waals surface area contributed by atoms with Gasteiger partial charge in [0.25, 0.3) is 0 Å². The number of pyridine rings is 1. The number of amides is 1. The van der Waals surface area contributed by atoms with E-state index in [1.54, 1.807) is 24.8 Å². The van der Waals surface area contributed by atoms with Crippen LogP contribution in [-0.2, 0) is 11.2 Å². The van der Waals surface area contributed by atoms with Crippen LogP contribution in [0.4, 0.5) is 5.95 Å². The number of likely N-dealkylation sites (tertiary alicyclic amines) is 1. The predicted octanol–water partition coefficient (Wildman–Crippen LogP) is 2.18. The zero-order chi connectivity index (χ0) is 17.8. The largest absolute Gasteiger partial charge is 0.342 e. The molecule has 4 heterocycles. The highest BCUT2D eigenvalue weighted by atomic mass is 16.2. The molecule has 2 aromatic rings. The van der Waals surface area contributed by atoms with Gasteiger partial charge in [0.2, 0.25) is 11.9 Å². The molecule has 0 N–H and O–H groups in total. The van der Waals surface area contributed by atoms with Crippen LogP contribution in [-0.4, -0.2) is 51.9 Å². The molecule has 0 aromatic carbocycles. The maximum atomic E-state index is 12.6. The summed E-state index contributed by atoms with van der Waals surface area (Å²) in [5, 5.41) is 0. The molecule has 2 aliphatic heterocycles. The molecule has 1 atom stereocenters. The molecular weight excluding hydrogens is 326 g/mol. The van der Waals surface area contributed by atoms with E-state index in [1.165, 1.54) is 0 Å². The van der Waals surface area contributed by atoms with Gasteiger partial charge in [0.15, 0.2) is 0 Å². The number of nitrogens with zero attached hydrogens (tertiary/aromatic N) is 5. The first-order chi connectivity index (χ1) is 12.8. The first-order valence-electron chi connectivity index (χ1n) is 9.48. The van der Waals surface area contributed by atoms with Crippen molar-refractivity contribution < 1.29 is 4.79 Å². The van der Waals surface area contributed by atoms with Crippen LogP contribution in [0.25, 0.3) is 0 Å². The van der Waals surface area contributed by atoms with Crippen molar-refractivity contribution in [3.05, 3.63) is 48.5 Å². The van der Waals surface area contributed by atoms with Crippen molar-refractivity contribution in [2.24, 2.45) is 11.8 Å². The fourth-order valence-electron chi connectivity index (χ4n) is 4.21. The molecule has 6 nitrogen and oxygen atoms in total. The van der Waals surface area contributed by atoms with E-state index in [4.69, 9.17) is 0 Å². The second-order valence-electron chi connectivity index (χ2n) is 7.29. The standard InChI is InChI=1S/C20H25N5O/c26-19(14-16-2-9-21-10-3-16)25-13-6-18(15-25)17-4-11-24(12-5-17)20-22-7-1-8-23-20/h1-3,7-10,17-18H,4-6,11-15H2. The van der Waals surface area contributed by atoms with E-state index >= 15 is 0 Å². The molecule has 1 amide bonds. The number of aromatic nitrogens is 3. The summed E-state index contributed by atoms with van der Waals surface area (Å²) in [6, 6.07) is 5.70. The number of rotatable bonds is 4. The summed E-state index contributed by atoms with van der Waals surface area (Å²) < 4.78 is 0. The van der Waals surface area contributed by atoms with E-state index in [1.807, 2.05) is 18.2 Å². The molecular formula is C20H25N5O. The number of hydrogen-bond acceptors (Lipinski definition) is 5. The summed E-state index contributed by atoms with van der Waals surface area (Å²) in [7, 11) is 0. The van der Waals surface area contributed by atoms with Gasteiger partial charge in [0.1, 0.15) is 0 Å². The lowest BCUT2D eigenvalue weighted by Crippen LogP contribution is -2.38. The molecule has 0 aliphatic carbocycles. The number of anilines is 1. The maximum absolute atomic E-state index is 12.6. The summed E-state index contributed by atoms with van der Waals surface area (Å²) in [6.45, 7) is 3.83. The molecule has 2 aliphatic rings. The SMILES string of the molecule is O=C(Cc1ccncc1)N1CCC(C2CCN(c3ncccn3)CC2)C1. The summed E-state index contributed by atoms with van der Waals surface area (Å²) in [5.74, 6) is 2.42. The summed E-state index contributed by atoms with van der Waals surface area (Å²) in [5.41, 5.74) is 1.05. The molecule has 0 radical (unpaired) electrons. The third-order valence-corrected chi connectivity index (χ3v) is 5.72. The Kier molecular flexibility index (Phi) is 5.09. The number of carbonyl (C=O) groups excluding carboxylic acids is 1. The molecule has 1 unspecified atom stereocenters. The lowest BCUT2D eigenvalue weighted by Gasteiger charge is -2.34. The predicted molar refractivity (Wildman–Crippen MR) is 99.6 cm³/mol. The van der Waals surface area contributed by atoms with Crippen molar-refractivity contribution in [2.75, 3.05) is 31.1 Å². The minimum Gasteiger partial charge on any atom is -0.342 e. The maximum Gasteiger partial charge on any atom is 0.227 e. The highest BCUT2D eigenvalue weighted by molar-refractivity contribution is 5.79. The van der Waals surface area contributed by atoms with Crippen molar-refractivity contribution in [1.82, 2.24) is 19.9 Å². The van der Waals surface area contributed by atoms with Gasteiger partial charge in [-0.05, 0) is 54.9 Å². The van der Waals surface area contributed by atoms with Gasteiger partial charge in [-0.3, -0.25) is 9.78 Å². The lowest BCUT2D eigenvalue weighted by molar-refractivity contribution is -0.129. The fourth-order valence-corrected chi connectivity index (χ4v) is 4.21. The molecule has 2 fully saturated rings. The number of hydrogen-bond donors (Lipinski definition) is 0. The van der Waals surface area contributed by atoms with Gasteiger partial charge in [-0.2, -0.15) is 0 Å². The van der Waals surface area contributed by atoms with Crippen molar-refractivity contribution in [2.45, 2.75) is 25.7 Å². The quantitative estimate of drug-likeness (QED) is 0.845. The lowest BCUT2D eigenvalue weighted by atomic mass is 9.84. The van der Waals surface area contributed by atoms with Crippen LogP contribution < -0.4 is 4.90 Å². The molecule has 2 aromatic heterocycles. The Morgan fingerprint density at radius 3 is 2.38 bits per heavy atom. The third-order valence-electron chi connectivity index (χ3n) is 5.72. The Labute approximate surface area is 154 Å². The Balaban J connectivity index is 1.27. The van der Waals surface area contributed by atoms with Crippen molar-refractivity contribution in [3.8, 4) is 0 Å². The Morgan fingerprint density at radius 1 is 0.962 bits per heavy atom. The van der Waals surface area contributed by atoms with Crippen LogP contribution >= 0.6 is 0 Å². The third kappa shape index (κ3) is 3.84. The van der Waals surface area contributed by atoms with Gasteiger partial charge in [-0.25, -0.2) is 9.97 Å². The van der Waals surface area contributed by atoms with Crippen molar-refractivity contribution in [3.63, 3.8) is 0 Å². The zero-order valence-corrected chi connectivity index (χ0v) is 15.0. The van der Waals surface area contributed by atoms with E-state index in [9.17, 15) is 4.79 Å². The van der Waals surface area contributed by atoms with E-state index in [0.29, 0.717) is 18.3 Å². The van der Waals surface area contributed by atoms with E-state index < -0.39 is 0 Å². The molecule has 6 heteroatoms. The molecule has 4 rings (SSSR count). The Morgan fingerprint density at radius 2 is 1.65 bits per heavy atom. The normalized spacial score (nSPS) is 21.2. The van der Waals surface area contributed by atoms with Crippen LogP contribution in [0.3, 0.4) is 0 Å². The molecule has 136 valence electrons. The molecule has 2 saturated heterocycles. The molecule has 0 bridgehead atoms. The summed E-state index contributed by atoms with van der Waals surface area (Å²) in [4.78, 5) is 29.6. The van der Waals surface area contributed by atoms with E-state index in [0.717, 1.165) is 57.0 Å². The first kappa shape index (κ1) is 16.9. The zero-order valence-electron chi connectivity index (χ0n) is 15.0. The fraction of sp³-hybridized carbons (Fsp3) is 0.500. The highest BCUT2D eigenvalue weighted by Crippen LogP contribution is 2.32. The minimum atomic E-state index is 0.244. The van der Waals surface area contributed by atoms with Gasteiger partial charge < -0.3 is 9.80 Å². The highest BCUT2D eigenvalue weighted by Gasteiger charge is 2.33. The van der Waals surface area contributed by atoms with Gasteiger partial charge in [0, 0.05) is 51.0 Å². The van der Waals surface area contributed by atoms with Gasteiger partial charge in [0.05, 0.1) is 6.42 Å². The van der Waals surface area contributed by atoms with Crippen LogP contribution in [0, 0.1) is 11.8 Å². The minimum absolute atomic E-state index is 0.244. The Bertz CT molecular complexity index is 715. The van der Waals surface area contributed by atoms with Gasteiger partial charge in [-0.1, -0.05) is 0 Å². The van der Waals surface area contributed by atoms with Crippen LogP contribution in [0.2, 0.25) is 0 Å². The van der Waals surface area contributed by atoms with Crippen LogP contribution in [0.1, 0.15) is 24.8 Å². The molecule has 26 heavy (non-hydrogen) atoms. The molecule has 0 spiro atoms. The first-order valence-corrected chi connectivity index (χ1v) is 9.48. The number of piperidine rings is 1. The van der Waals surface area contributed by atoms with Crippen LogP contribution in [0.5, 0.6) is 0 Å². The second-order valence-corrected chi connectivity index (χ2v) is 7.29. The topological polar surface area (TPSA) is 62.2 Å². The van der Waals surface area contributed by atoms with Crippen molar-refractivity contribution >= 4 is 11.9 Å². The van der Waals surface area contributed by atoms with Gasteiger partial charge >= 0.3 is 0 Å². The monoisotopic (exact) mass is 351 g/mol. The van der Waals surface area contributed by atoms with E-state index in [2.05, 4.69) is 24.8 Å². The summed E-state index contributed by atoms with van der Waals surface area (Å²) in [6.07, 6.45) is 11.0. The van der Waals surface area contributed by atoms with E-state index in [-0.39, 0.29) is 5.91 Å². The average Bonchev–Trinajstić information content (AvgIpc) is 3.20. The van der Waals surface area contributed by atoms with Gasteiger partial charge in [-0.15, -0.1) is 0 Å². The molecule has 0 saturated carbocycles. The number of carbonyl (C=O) groups is 1. The van der Waals surface area contributed by atoms with Crippen LogP contribution in [0.15, 0.2) is 43.0 Å². The van der Waals surface area contributed by atoms with Crippen molar-refractivity contribution in [1.29, 1.82) is 0 Å². The smallest absolute Gasteiger partial charge is 0.227 e.